The predicted octanol–water partition coefficient (Wildman–Crippen LogP) is 0.662. The van der Waals surface area contributed by atoms with Crippen LogP contribution in [0.3, 0.4) is 0 Å². The quantitative estimate of drug-likeness (QED) is 0.792. The molecule has 1 rings (SSSR count). The van der Waals surface area contributed by atoms with Gasteiger partial charge in [-0.2, -0.15) is 5.10 Å². The van der Waals surface area contributed by atoms with Crippen LogP contribution in [0.15, 0.2) is 0 Å². The van der Waals surface area contributed by atoms with Crippen molar-refractivity contribution in [1.29, 1.82) is 0 Å². The lowest BCUT2D eigenvalue weighted by Crippen LogP contribution is -2.48. The van der Waals surface area contributed by atoms with Crippen molar-refractivity contribution in [1.82, 2.24) is 15.2 Å². The van der Waals surface area contributed by atoms with Crippen molar-refractivity contribution in [3.8, 4) is 0 Å². The maximum Gasteiger partial charge on any atom is 0.245 e. The van der Waals surface area contributed by atoms with Gasteiger partial charge in [-0.3, -0.25) is 0 Å². The van der Waals surface area contributed by atoms with Crippen molar-refractivity contribution in [2.24, 2.45) is 5.73 Å². The van der Waals surface area contributed by atoms with Crippen molar-refractivity contribution in [2.45, 2.75) is 33.2 Å². The summed E-state index contributed by atoms with van der Waals surface area (Å²) in [6.45, 7) is 8.46. The van der Waals surface area contributed by atoms with E-state index in [9.17, 15) is 0 Å². The fraction of sp³-hybridized carbons (Fsp3) is 0.700. The van der Waals surface area contributed by atoms with Crippen LogP contribution in [0.4, 0.5) is 5.95 Å². The first-order valence-corrected chi connectivity index (χ1v) is 5.00. The topological polar surface area (TPSA) is 67.9 Å². The number of nitrogens with two attached hydrogens (primary N) is 1. The third-order valence-electron chi connectivity index (χ3n) is 2.79. The fourth-order valence-corrected chi connectivity index (χ4v) is 0.995. The molecule has 84 valence electrons. The Morgan fingerprint density at radius 3 is 2.27 bits per heavy atom. The van der Waals surface area contributed by atoms with Crippen molar-refractivity contribution < 1.29 is 0 Å². The minimum atomic E-state index is -0.163. The molecule has 0 saturated carbocycles. The number of hydrogen-bond donors (Lipinski definition) is 1. The zero-order chi connectivity index (χ0) is 11.6. The molecule has 5 heteroatoms. The average Bonchev–Trinajstić information content (AvgIpc) is 2.21. The van der Waals surface area contributed by atoms with Crippen LogP contribution in [0.1, 0.15) is 25.2 Å². The summed E-state index contributed by atoms with van der Waals surface area (Å²) in [6.07, 6.45) is 0. The Kier molecular flexibility index (Phi) is 3.24. The molecule has 0 fully saturated rings. The molecule has 15 heavy (non-hydrogen) atoms. The molecule has 1 heterocycles. The van der Waals surface area contributed by atoms with Gasteiger partial charge in [0.05, 0.1) is 11.4 Å². The van der Waals surface area contributed by atoms with E-state index in [0.717, 1.165) is 11.4 Å². The highest BCUT2D eigenvalue weighted by Crippen LogP contribution is 2.16. The average molecular weight is 209 g/mol. The number of aromatic nitrogens is 3. The van der Waals surface area contributed by atoms with E-state index < -0.39 is 0 Å². The molecule has 0 unspecified atom stereocenters. The van der Waals surface area contributed by atoms with E-state index in [2.05, 4.69) is 15.2 Å². The molecule has 1 aromatic rings. The summed E-state index contributed by atoms with van der Waals surface area (Å²) < 4.78 is 0. The van der Waals surface area contributed by atoms with Gasteiger partial charge in [-0.05, 0) is 27.7 Å². The first kappa shape index (κ1) is 11.8. The van der Waals surface area contributed by atoms with E-state index in [0.29, 0.717) is 12.5 Å². The highest BCUT2D eigenvalue weighted by molar-refractivity contribution is 5.32. The summed E-state index contributed by atoms with van der Waals surface area (Å²) in [5.74, 6) is 0.619. The van der Waals surface area contributed by atoms with Gasteiger partial charge in [-0.15, -0.1) is 5.10 Å². The second-order valence-electron chi connectivity index (χ2n) is 4.36. The standard InChI is InChI=1S/C10H19N5/c1-7-8(2)13-14-9(12-7)15(5)10(3,4)6-11/h6,11H2,1-5H3. The van der Waals surface area contributed by atoms with Crippen LogP contribution in [0.2, 0.25) is 0 Å². The van der Waals surface area contributed by atoms with Crippen LogP contribution in [0.25, 0.3) is 0 Å². The molecule has 0 radical (unpaired) electrons. The summed E-state index contributed by atoms with van der Waals surface area (Å²) in [6, 6.07) is 0. The van der Waals surface area contributed by atoms with Crippen molar-refractivity contribution in [2.75, 3.05) is 18.5 Å². The number of rotatable bonds is 3. The predicted molar refractivity (Wildman–Crippen MR) is 60.8 cm³/mol. The first-order valence-electron chi connectivity index (χ1n) is 5.00. The molecule has 1 aromatic heterocycles. The molecule has 2 N–H and O–H groups in total. The van der Waals surface area contributed by atoms with Gasteiger partial charge in [-0.25, -0.2) is 4.98 Å². The Hall–Kier alpha value is -1.23. The Morgan fingerprint density at radius 1 is 1.20 bits per heavy atom. The lowest BCUT2D eigenvalue weighted by molar-refractivity contribution is 0.487. The van der Waals surface area contributed by atoms with Crippen LogP contribution in [-0.2, 0) is 0 Å². The molecular weight excluding hydrogens is 190 g/mol. The molecule has 0 aromatic carbocycles. The number of hydrogen-bond acceptors (Lipinski definition) is 5. The minimum Gasteiger partial charge on any atom is -0.336 e. The SMILES string of the molecule is Cc1nnc(N(C)C(C)(C)CN)nc1C. The smallest absolute Gasteiger partial charge is 0.245 e. The van der Waals surface area contributed by atoms with E-state index in [1.807, 2.05) is 39.6 Å². The zero-order valence-electron chi connectivity index (χ0n) is 10.1. The molecule has 0 spiro atoms. The third kappa shape index (κ3) is 2.41. The van der Waals surface area contributed by atoms with E-state index >= 15 is 0 Å². The zero-order valence-corrected chi connectivity index (χ0v) is 10.1. The molecule has 0 amide bonds. The van der Waals surface area contributed by atoms with Crippen molar-refractivity contribution in [3.63, 3.8) is 0 Å². The molecule has 5 nitrogen and oxygen atoms in total. The molecule has 0 atom stereocenters. The summed E-state index contributed by atoms with van der Waals surface area (Å²) in [5, 5.41) is 8.12. The Morgan fingerprint density at radius 2 is 1.80 bits per heavy atom. The summed E-state index contributed by atoms with van der Waals surface area (Å²) in [7, 11) is 1.93. The van der Waals surface area contributed by atoms with Gasteiger partial charge in [-0.1, -0.05) is 0 Å². The minimum absolute atomic E-state index is 0.163. The van der Waals surface area contributed by atoms with Crippen LogP contribution in [-0.4, -0.2) is 34.3 Å². The highest BCUT2D eigenvalue weighted by atomic mass is 15.3. The van der Waals surface area contributed by atoms with E-state index in [4.69, 9.17) is 5.73 Å². The number of likely N-dealkylation sites (N-methyl/N-ethyl adjacent to an activating group) is 1. The lowest BCUT2D eigenvalue weighted by atomic mass is 10.1. The second kappa shape index (κ2) is 4.10. The Labute approximate surface area is 90.7 Å². The lowest BCUT2D eigenvalue weighted by Gasteiger charge is -2.34. The van der Waals surface area contributed by atoms with Gasteiger partial charge in [0.15, 0.2) is 0 Å². The molecule has 0 aliphatic carbocycles. The highest BCUT2D eigenvalue weighted by Gasteiger charge is 2.24. The normalized spacial score (nSPS) is 11.6. The number of anilines is 1. The van der Waals surface area contributed by atoms with Crippen LogP contribution < -0.4 is 10.6 Å². The second-order valence-corrected chi connectivity index (χ2v) is 4.36. The van der Waals surface area contributed by atoms with Gasteiger partial charge in [0.1, 0.15) is 0 Å². The summed E-state index contributed by atoms with van der Waals surface area (Å²) >= 11 is 0. The van der Waals surface area contributed by atoms with Gasteiger partial charge in [0.25, 0.3) is 0 Å². The van der Waals surface area contributed by atoms with Gasteiger partial charge >= 0.3 is 0 Å². The third-order valence-corrected chi connectivity index (χ3v) is 2.79. The first-order chi connectivity index (χ1) is 6.88. The fourth-order valence-electron chi connectivity index (χ4n) is 0.995. The van der Waals surface area contributed by atoms with Crippen molar-refractivity contribution >= 4 is 5.95 Å². The van der Waals surface area contributed by atoms with Crippen LogP contribution in [0, 0.1) is 13.8 Å². The van der Waals surface area contributed by atoms with Crippen molar-refractivity contribution in [3.05, 3.63) is 11.4 Å². The van der Waals surface area contributed by atoms with E-state index in [-0.39, 0.29) is 5.54 Å². The summed E-state index contributed by atoms with van der Waals surface area (Å²) in [5.41, 5.74) is 7.29. The molecule has 0 saturated heterocycles. The molecule has 0 bridgehead atoms. The Balaban J connectivity index is 3.02. The van der Waals surface area contributed by atoms with Gasteiger partial charge in [0.2, 0.25) is 5.95 Å². The molecule has 0 aliphatic rings. The van der Waals surface area contributed by atoms with Crippen LogP contribution in [0.5, 0.6) is 0 Å². The van der Waals surface area contributed by atoms with Gasteiger partial charge < -0.3 is 10.6 Å². The Bertz CT molecular complexity index is 348. The number of aryl methyl sites for hydroxylation is 2. The van der Waals surface area contributed by atoms with Gasteiger partial charge in [0, 0.05) is 19.1 Å². The maximum atomic E-state index is 5.69. The summed E-state index contributed by atoms with van der Waals surface area (Å²) in [4.78, 5) is 6.33. The molecule has 0 aliphatic heterocycles. The number of nitrogens with zero attached hydrogens (tertiary/aromatic N) is 4. The largest absolute Gasteiger partial charge is 0.336 e. The van der Waals surface area contributed by atoms with E-state index in [1.54, 1.807) is 0 Å². The molecular formula is C10H19N5. The monoisotopic (exact) mass is 209 g/mol. The maximum absolute atomic E-state index is 5.69. The van der Waals surface area contributed by atoms with E-state index in [1.165, 1.54) is 0 Å². The van der Waals surface area contributed by atoms with Crippen LogP contribution >= 0.6 is 0 Å².